The van der Waals surface area contributed by atoms with Gasteiger partial charge in [0.25, 0.3) is 0 Å². The number of halogens is 2. The smallest absolute Gasteiger partial charge is 0.226 e. The van der Waals surface area contributed by atoms with Crippen LogP contribution in [0.2, 0.25) is 28.2 Å². The lowest BCUT2D eigenvalue weighted by Crippen LogP contribution is -2.47. The van der Waals surface area contributed by atoms with Gasteiger partial charge in [0.05, 0.1) is 6.20 Å². The highest BCUT2D eigenvalue weighted by Crippen LogP contribution is 2.40. The van der Waals surface area contributed by atoms with E-state index < -0.39 is 8.32 Å². The molecule has 1 aliphatic heterocycles. The summed E-state index contributed by atoms with van der Waals surface area (Å²) in [6.07, 6.45) is 9.64. The molecule has 35 heavy (non-hydrogen) atoms. The molecule has 1 aliphatic carbocycles. The topological polar surface area (TPSA) is 47.4 Å². The maximum Gasteiger partial charge on any atom is 0.226 e. The van der Waals surface area contributed by atoms with Gasteiger partial charge in [0.15, 0.2) is 8.32 Å². The standard InChI is InChI=1S/C27H39Cl2N3O2Si/c1-27(2,3)35(5,6)34-22-9-7-21(8-10-22)32-12-11-18(26(32)33)13-23-24(28)14-19(15-25(23)29)20-16-30-31(4)17-20/h14-18,21-22H,7-13H2,1-6H3/t18?,21-,22+. The Bertz CT molecular complexity index is 1050. The lowest BCUT2D eigenvalue weighted by atomic mass is 9.92. The summed E-state index contributed by atoms with van der Waals surface area (Å²) in [4.78, 5) is 15.5. The molecule has 0 spiro atoms. The summed E-state index contributed by atoms with van der Waals surface area (Å²) in [5.74, 6) is 0.192. The van der Waals surface area contributed by atoms with Crippen molar-refractivity contribution < 1.29 is 9.22 Å². The molecule has 1 aromatic carbocycles. The second-order valence-corrected chi connectivity index (χ2v) is 17.4. The zero-order valence-electron chi connectivity index (χ0n) is 21.9. The van der Waals surface area contributed by atoms with E-state index in [0.29, 0.717) is 28.6 Å². The third kappa shape index (κ3) is 5.81. The Morgan fingerprint density at radius 3 is 2.23 bits per heavy atom. The number of hydrogen-bond donors (Lipinski definition) is 0. The Hall–Kier alpha value is -1.34. The van der Waals surface area contributed by atoms with Gasteiger partial charge in [-0.1, -0.05) is 44.0 Å². The predicted molar refractivity (Wildman–Crippen MR) is 147 cm³/mol. The lowest BCUT2D eigenvalue weighted by Gasteiger charge is -2.42. The third-order valence-electron chi connectivity index (χ3n) is 8.33. The molecule has 1 amide bonds. The van der Waals surface area contributed by atoms with Gasteiger partial charge in [0.1, 0.15) is 0 Å². The zero-order valence-corrected chi connectivity index (χ0v) is 24.4. The van der Waals surface area contributed by atoms with Crippen LogP contribution >= 0.6 is 23.2 Å². The van der Waals surface area contributed by atoms with Crippen LogP contribution < -0.4 is 0 Å². The van der Waals surface area contributed by atoms with Crippen LogP contribution in [0.1, 0.15) is 58.4 Å². The fourth-order valence-corrected chi connectivity index (χ4v) is 7.23. The van der Waals surface area contributed by atoms with Gasteiger partial charge in [0, 0.05) is 53.5 Å². The summed E-state index contributed by atoms with van der Waals surface area (Å²) in [6.45, 7) is 12.3. The van der Waals surface area contributed by atoms with Gasteiger partial charge in [-0.25, -0.2) is 0 Å². The van der Waals surface area contributed by atoms with Gasteiger partial charge in [0.2, 0.25) is 5.91 Å². The molecule has 1 saturated carbocycles. The van der Waals surface area contributed by atoms with Crippen molar-refractivity contribution in [2.75, 3.05) is 6.54 Å². The molecule has 5 nitrogen and oxygen atoms in total. The van der Waals surface area contributed by atoms with Crippen molar-refractivity contribution in [3.05, 3.63) is 40.1 Å². The quantitative estimate of drug-likeness (QED) is 0.370. The fraction of sp³-hybridized carbons (Fsp3) is 0.630. The van der Waals surface area contributed by atoms with Crippen LogP contribution in [0.3, 0.4) is 0 Å². The maximum atomic E-state index is 13.4. The van der Waals surface area contributed by atoms with E-state index in [-0.39, 0.29) is 16.9 Å². The first kappa shape index (κ1) is 26.7. The normalized spacial score (nSPS) is 23.8. The number of rotatable bonds is 6. The molecular weight excluding hydrogens is 497 g/mol. The molecule has 1 unspecified atom stereocenters. The molecule has 4 rings (SSSR count). The minimum Gasteiger partial charge on any atom is -0.414 e. The van der Waals surface area contributed by atoms with E-state index in [2.05, 4.69) is 43.9 Å². The SMILES string of the molecule is Cn1cc(-c2cc(Cl)c(CC3CCN([C@H]4CC[C@@H](O[Si](C)(C)C(C)(C)C)CC4)C3=O)c(Cl)c2)cn1. The van der Waals surface area contributed by atoms with Crippen LogP contribution in [-0.4, -0.2) is 47.6 Å². The van der Waals surface area contributed by atoms with E-state index in [1.54, 1.807) is 10.9 Å². The number of amides is 1. The van der Waals surface area contributed by atoms with E-state index in [0.717, 1.165) is 55.3 Å². The summed E-state index contributed by atoms with van der Waals surface area (Å²) in [5.41, 5.74) is 2.78. The lowest BCUT2D eigenvalue weighted by molar-refractivity contribution is -0.133. The largest absolute Gasteiger partial charge is 0.414 e. The van der Waals surface area contributed by atoms with E-state index in [9.17, 15) is 4.79 Å². The average Bonchev–Trinajstić information content (AvgIpc) is 3.36. The van der Waals surface area contributed by atoms with E-state index >= 15 is 0 Å². The first-order chi connectivity index (χ1) is 16.4. The summed E-state index contributed by atoms with van der Waals surface area (Å²) in [7, 11) is 0.122. The molecule has 2 aromatic rings. The van der Waals surface area contributed by atoms with Crippen molar-refractivity contribution in [1.29, 1.82) is 0 Å². The zero-order chi connectivity index (χ0) is 25.5. The summed E-state index contributed by atoms with van der Waals surface area (Å²) in [6, 6.07) is 4.19. The second kappa shape index (κ2) is 10.2. The number of benzene rings is 1. The molecule has 1 aromatic heterocycles. The van der Waals surface area contributed by atoms with Crippen LogP contribution in [0, 0.1) is 5.92 Å². The highest BCUT2D eigenvalue weighted by molar-refractivity contribution is 6.74. The van der Waals surface area contributed by atoms with Gasteiger partial charge in [-0.05, 0) is 79.9 Å². The molecule has 1 saturated heterocycles. The molecule has 8 heteroatoms. The minimum absolute atomic E-state index is 0.0598. The maximum absolute atomic E-state index is 13.4. The Kier molecular flexibility index (Phi) is 7.78. The van der Waals surface area contributed by atoms with E-state index in [1.807, 2.05) is 25.4 Å². The number of carbonyl (C=O) groups is 1. The Balaban J connectivity index is 1.36. The molecular formula is C27H39Cl2N3O2Si. The molecule has 192 valence electrons. The van der Waals surface area contributed by atoms with Gasteiger partial charge < -0.3 is 9.33 Å². The monoisotopic (exact) mass is 535 g/mol. The Morgan fingerprint density at radius 2 is 1.69 bits per heavy atom. The molecule has 1 atom stereocenters. The highest BCUT2D eigenvalue weighted by Gasteiger charge is 2.42. The van der Waals surface area contributed by atoms with Crippen molar-refractivity contribution in [1.82, 2.24) is 14.7 Å². The molecule has 0 radical (unpaired) electrons. The summed E-state index contributed by atoms with van der Waals surface area (Å²) in [5, 5.41) is 5.68. The number of aryl methyl sites for hydroxylation is 1. The number of nitrogens with zero attached hydrogens (tertiary/aromatic N) is 3. The van der Waals surface area contributed by atoms with Crippen LogP contribution in [-0.2, 0) is 22.7 Å². The second-order valence-electron chi connectivity index (χ2n) is 11.9. The summed E-state index contributed by atoms with van der Waals surface area (Å²) < 4.78 is 8.41. The van der Waals surface area contributed by atoms with Crippen molar-refractivity contribution in [3.8, 4) is 11.1 Å². The van der Waals surface area contributed by atoms with Gasteiger partial charge in [-0.3, -0.25) is 9.48 Å². The first-order valence-corrected chi connectivity index (χ1v) is 16.5. The molecule has 2 heterocycles. The van der Waals surface area contributed by atoms with Crippen LogP contribution in [0.4, 0.5) is 0 Å². The Morgan fingerprint density at radius 1 is 1.06 bits per heavy atom. The predicted octanol–water partition coefficient (Wildman–Crippen LogP) is 7.12. The molecule has 2 aliphatic rings. The highest BCUT2D eigenvalue weighted by atomic mass is 35.5. The fourth-order valence-electron chi connectivity index (χ4n) is 5.16. The van der Waals surface area contributed by atoms with Crippen LogP contribution in [0.25, 0.3) is 11.1 Å². The van der Waals surface area contributed by atoms with Gasteiger partial charge in [-0.2, -0.15) is 5.10 Å². The van der Waals surface area contributed by atoms with E-state index in [4.69, 9.17) is 27.6 Å². The van der Waals surface area contributed by atoms with Crippen molar-refractivity contribution >= 4 is 37.4 Å². The van der Waals surface area contributed by atoms with Crippen LogP contribution in [0.5, 0.6) is 0 Å². The molecule has 0 N–H and O–H groups in total. The number of hydrogen-bond acceptors (Lipinski definition) is 3. The van der Waals surface area contributed by atoms with Crippen molar-refractivity contribution in [2.24, 2.45) is 13.0 Å². The number of likely N-dealkylation sites (tertiary alicyclic amines) is 1. The number of aromatic nitrogens is 2. The average molecular weight is 537 g/mol. The third-order valence-corrected chi connectivity index (χ3v) is 13.5. The van der Waals surface area contributed by atoms with Gasteiger partial charge >= 0.3 is 0 Å². The molecule has 0 bridgehead atoms. The van der Waals surface area contributed by atoms with E-state index in [1.165, 1.54) is 0 Å². The van der Waals surface area contributed by atoms with Crippen molar-refractivity contribution in [2.45, 2.75) is 89.6 Å². The minimum atomic E-state index is -1.76. The number of carbonyl (C=O) groups excluding carboxylic acids is 1. The van der Waals surface area contributed by atoms with Crippen LogP contribution in [0.15, 0.2) is 24.5 Å². The van der Waals surface area contributed by atoms with Gasteiger partial charge in [-0.15, -0.1) is 0 Å². The van der Waals surface area contributed by atoms with Crippen molar-refractivity contribution in [3.63, 3.8) is 0 Å². The first-order valence-electron chi connectivity index (χ1n) is 12.8. The molecule has 2 fully saturated rings. The summed E-state index contributed by atoms with van der Waals surface area (Å²) >= 11 is 13.3. The Labute approximate surface area is 221 Å².